The number of carbonyl (C=O) groups is 2. The van der Waals surface area contributed by atoms with Crippen LogP contribution in [0, 0.1) is 5.92 Å². The zero-order chi connectivity index (χ0) is 18.4. The molecule has 142 valence electrons. The Morgan fingerprint density at radius 3 is 2.35 bits per heavy atom. The van der Waals surface area contributed by atoms with E-state index >= 15 is 0 Å². The summed E-state index contributed by atoms with van der Waals surface area (Å²) in [6, 6.07) is 0.126. The molecule has 6 nitrogen and oxygen atoms in total. The molecule has 2 aliphatic rings. The fourth-order valence-corrected chi connectivity index (χ4v) is 4.97. The maximum atomic E-state index is 12.4. The van der Waals surface area contributed by atoms with Crippen LogP contribution in [0.1, 0.15) is 67.5 Å². The molecule has 1 aromatic heterocycles. The van der Waals surface area contributed by atoms with Crippen molar-refractivity contribution in [3.8, 4) is 0 Å². The highest BCUT2D eigenvalue weighted by molar-refractivity contribution is 7.99. The van der Waals surface area contributed by atoms with Crippen molar-refractivity contribution in [1.82, 2.24) is 20.6 Å². The van der Waals surface area contributed by atoms with Gasteiger partial charge in [-0.3, -0.25) is 9.59 Å². The predicted octanol–water partition coefficient (Wildman–Crippen LogP) is 2.69. The molecule has 0 bridgehead atoms. The molecular formula is C19H28N4O2S. The molecule has 2 N–H and O–H groups in total. The van der Waals surface area contributed by atoms with Gasteiger partial charge in [-0.05, 0) is 38.5 Å². The summed E-state index contributed by atoms with van der Waals surface area (Å²) in [5, 5.41) is 6.50. The van der Waals surface area contributed by atoms with E-state index in [0.29, 0.717) is 5.56 Å². The molecule has 2 fully saturated rings. The van der Waals surface area contributed by atoms with Crippen LogP contribution in [0.3, 0.4) is 0 Å². The van der Waals surface area contributed by atoms with Crippen molar-refractivity contribution in [2.24, 2.45) is 5.92 Å². The van der Waals surface area contributed by atoms with Crippen LogP contribution < -0.4 is 10.6 Å². The van der Waals surface area contributed by atoms with Crippen molar-refractivity contribution in [2.45, 2.75) is 68.4 Å². The van der Waals surface area contributed by atoms with Gasteiger partial charge in [0, 0.05) is 36.7 Å². The van der Waals surface area contributed by atoms with Crippen LogP contribution in [-0.2, 0) is 10.5 Å². The van der Waals surface area contributed by atoms with Gasteiger partial charge in [-0.25, -0.2) is 9.97 Å². The summed E-state index contributed by atoms with van der Waals surface area (Å²) in [5.41, 5.74) is 0.507. The lowest BCUT2D eigenvalue weighted by atomic mass is 9.85. The molecule has 0 atom stereocenters. The molecule has 0 radical (unpaired) electrons. The Bertz CT molecular complexity index is 608. The van der Waals surface area contributed by atoms with E-state index in [2.05, 4.69) is 20.6 Å². The number of nitrogens with one attached hydrogen (secondary N) is 2. The van der Waals surface area contributed by atoms with Gasteiger partial charge in [0.25, 0.3) is 5.91 Å². The summed E-state index contributed by atoms with van der Waals surface area (Å²) >= 11 is 1.93. The second-order valence-electron chi connectivity index (χ2n) is 7.24. The molecule has 2 aliphatic carbocycles. The molecule has 0 unspecified atom stereocenters. The zero-order valence-electron chi connectivity index (χ0n) is 15.4. The normalized spacial score (nSPS) is 23.6. The summed E-state index contributed by atoms with van der Waals surface area (Å²) in [6.07, 6.45) is 11.8. The maximum absolute atomic E-state index is 12.4. The third-order valence-electron chi connectivity index (χ3n) is 5.40. The molecular weight excluding hydrogens is 348 g/mol. The maximum Gasteiger partial charge on any atom is 0.254 e. The fourth-order valence-electron chi connectivity index (χ4n) is 3.77. The van der Waals surface area contributed by atoms with Crippen molar-refractivity contribution >= 4 is 23.6 Å². The predicted molar refractivity (Wildman–Crippen MR) is 103 cm³/mol. The molecule has 0 aromatic carbocycles. The fraction of sp³-hybridized carbons (Fsp3) is 0.684. The van der Waals surface area contributed by atoms with E-state index in [1.54, 1.807) is 19.4 Å². The molecule has 2 amide bonds. The Kier molecular flexibility index (Phi) is 6.88. The molecule has 3 rings (SSSR count). The van der Waals surface area contributed by atoms with E-state index in [0.717, 1.165) is 42.5 Å². The highest BCUT2D eigenvalue weighted by Gasteiger charge is 2.26. The summed E-state index contributed by atoms with van der Waals surface area (Å²) in [5.74, 6) is 1.67. The molecule has 0 saturated heterocycles. The van der Waals surface area contributed by atoms with Crippen LogP contribution in [0.15, 0.2) is 12.4 Å². The zero-order valence-corrected chi connectivity index (χ0v) is 16.2. The molecule has 7 heteroatoms. The van der Waals surface area contributed by atoms with Gasteiger partial charge < -0.3 is 10.6 Å². The lowest BCUT2D eigenvalue weighted by Gasteiger charge is -2.28. The number of aromatic nitrogens is 2. The lowest BCUT2D eigenvalue weighted by Crippen LogP contribution is -2.40. The number of carbonyl (C=O) groups excluding carboxylic acids is 2. The van der Waals surface area contributed by atoms with E-state index in [1.807, 2.05) is 11.8 Å². The van der Waals surface area contributed by atoms with Crippen molar-refractivity contribution in [2.75, 3.05) is 7.05 Å². The molecule has 1 aromatic rings. The number of hydrogen-bond donors (Lipinski definition) is 2. The minimum Gasteiger partial charge on any atom is -0.359 e. The van der Waals surface area contributed by atoms with Crippen LogP contribution in [0.2, 0.25) is 0 Å². The number of nitrogens with zero attached hydrogens (tertiary/aromatic N) is 2. The van der Waals surface area contributed by atoms with E-state index in [1.165, 1.54) is 25.7 Å². The Morgan fingerprint density at radius 2 is 1.73 bits per heavy atom. The molecule has 0 aliphatic heterocycles. The standard InChI is InChI=1S/C19H28N4O2S/c1-20-18(24)13-6-8-15(9-7-13)23-19(25)14-10-21-17(22-11-14)12-26-16-4-2-3-5-16/h10-11,13,15-16H,2-9,12H2,1H3,(H,20,24)(H,23,25). The van der Waals surface area contributed by atoms with Gasteiger partial charge in [0.05, 0.1) is 11.3 Å². The number of amides is 2. The first-order chi connectivity index (χ1) is 12.7. The number of rotatable bonds is 6. The van der Waals surface area contributed by atoms with Gasteiger partial charge >= 0.3 is 0 Å². The molecule has 0 spiro atoms. The summed E-state index contributed by atoms with van der Waals surface area (Å²) < 4.78 is 0. The van der Waals surface area contributed by atoms with E-state index in [-0.39, 0.29) is 23.8 Å². The third kappa shape index (κ3) is 5.19. The first-order valence-electron chi connectivity index (χ1n) is 9.60. The second-order valence-corrected chi connectivity index (χ2v) is 8.53. The summed E-state index contributed by atoms with van der Waals surface area (Å²) in [7, 11) is 1.67. The van der Waals surface area contributed by atoms with Gasteiger partial charge in [-0.2, -0.15) is 11.8 Å². The number of thioether (sulfide) groups is 1. The van der Waals surface area contributed by atoms with Crippen molar-refractivity contribution in [3.05, 3.63) is 23.8 Å². The first-order valence-corrected chi connectivity index (χ1v) is 10.7. The highest BCUT2D eigenvalue weighted by Crippen LogP contribution is 2.30. The summed E-state index contributed by atoms with van der Waals surface area (Å²) in [6.45, 7) is 0. The van der Waals surface area contributed by atoms with E-state index < -0.39 is 0 Å². The Morgan fingerprint density at radius 1 is 1.08 bits per heavy atom. The number of hydrogen-bond acceptors (Lipinski definition) is 5. The van der Waals surface area contributed by atoms with Crippen LogP contribution >= 0.6 is 11.8 Å². The SMILES string of the molecule is CNC(=O)C1CCC(NC(=O)c2cnc(CSC3CCCC3)nc2)CC1. The van der Waals surface area contributed by atoms with Gasteiger partial charge in [-0.15, -0.1) is 0 Å². The highest BCUT2D eigenvalue weighted by atomic mass is 32.2. The monoisotopic (exact) mass is 376 g/mol. The lowest BCUT2D eigenvalue weighted by molar-refractivity contribution is -0.125. The van der Waals surface area contributed by atoms with Gasteiger partial charge in [0.15, 0.2) is 0 Å². The van der Waals surface area contributed by atoms with Crippen LogP contribution in [-0.4, -0.2) is 40.1 Å². The Hall–Kier alpha value is -1.63. The van der Waals surface area contributed by atoms with Crippen LogP contribution in [0.4, 0.5) is 0 Å². The van der Waals surface area contributed by atoms with Crippen molar-refractivity contribution in [3.63, 3.8) is 0 Å². The second kappa shape index (κ2) is 9.35. The largest absolute Gasteiger partial charge is 0.359 e. The molecule has 26 heavy (non-hydrogen) atoms. The minimum absolute atomic E-state index is 0.0770. The topological polar surface area (TPSA) is 84.0 Å². The first kappa shape index (κ1) is 19.1. The molecule has 2 saturated carbocycles. The van der Waals surface area contributed by atoms with Crippen molar-refractivity contribution < 1.29 is 9.59 Å². The Balaban J connectivity index is 1.44. The molecule has 1 heterocycles. The smallest absolute Gasteiger partial charge is 0.254 e. The van der Waals surface area contributed by atoms with Crippen LogP contribution in [0.5, 0.6) is 0 Å². The van der Waals surface area contributed by atoms with Crippen molar-refractivity contribution in [1.29, 1.82) is 0 Å². The average Bonchev–Trinajstić information content (AvgIpc) is 3.20. The average molecular weight is 377 g/mol. The van der Waals surface area contributed by atoms with Gasteiger partial charge in [0.1, 0.15) is 5.82 Å². The third-order valence-corrected chi connectivity index (χ3v) is 6.77. The summed E-state index contributed by atoms with van der Waals surface area (Å²) in [4.78, 5) is 32.8. The Labute approximate surface area is 159 Å². The van der Waals surface area contributed by atoms with Crippen LogP contribution in [0.25, 0.3) is 0 Å². The van der Waals surface area contributed by atoms with E-state index in [4.69, 9.17) is 0 Å². The van der Waals surface area contributed by atoms with Gasteiger partial charge in [-0.1, -0.05) is 12.8 Å². The van der Waals surface area contributed by atoms with E-state index in [9.17, 15) is 9.59 Å². The minimum atomic E-state index is -0.122. The van der Waals surface area contributed by atoms with Gasteiger partial charge in [0.2, 0.25) is 5.91 Å². The quantitative estimate of drug-likeness (QED) is 0.797.